The van der Waals surface area contributed by atoms with E-state index in [1.54, 1.807) is 18.3 Å². The Kier molecular flexibility index (Phi) is 6.20. The van der Waals surface area contributed by atoms with E-state index in [2.05, 4.69) is 14.7 Å². The highest BCUT2D eigenvalue weighted by molar-refractivity contribution is 5.83. The van der Waals surface area contributed by atoms with E-state index >= 15 is 0 Å². The van der Waals surface area contributed by atoms with Crippen LogP contribution in [0.5, 0.6) is 11.5 Å². The Balaban J connectivity index is 1.59. The Hall–Kier alpha value is -3.30. The number of aromatic nitrogens is 2. The van der Waals surface area contributed by atoms with Gasteiger partial charge < -0.3 is 19.5 Å². The summed E-state index contributed by atoms with van der Waals surface area (Å²) in [5.74, 6) is -1.06. The first-order chi connectivity index (χ1) is 15.3. The molecule has 1 amide bonds. The number of aliphatic carboxylic acids is 1. The van der Waals surface area contributed by atoms with Crippen molar-refractivity contribution in [3.05, 3.63) is 36.3 Å². The van der Waals surface area contributed by atoms with Crippen LogP contribution in [-0.4, -0.2) is 57.7 Å². The third kappa shape index (κ3) is 4.95. The molecule has 2 aliphatic rings. The van der Waals surface area contributed by atoms with Crippen LogP contribution in [0.1, 0.15) is 37.8 Å². The standard InChI is InChI=1S/C22H23F2N3O5/c1-12(28)27-10-15(6-18(27)21(29)30)17-9-25-8-16(26-17)14-4-5-19(32-22(23)24)20(7-14)31-11-13-2-3-13/h4-5,7-9,13,15,18,22H,2-3,6,10-11H2,1H3,(H,29,30). The van der Waals surface area contributed by atoms with Crippen molar-refractivity contribution >= 4 is 11.9 Å². The summed E-state index contributed by atoms with van der Waals surface area (Å²) < 4.78 is 35.8. The Bertz CT molecular complexity index is 993. The quantitative estimate of drug-likeness (QED) is 0.662. The molecule has 1 saturated heterocycles. The molecule has 1 N–H and O–H groups in total. The van der Waals surface area contributed by atoms with Crippen molar-refractivity contribution < 1.29 is 33.0 Å². The van der Waals surface area contributed by atoms with Gasteiger partial charge >= 0.3 is 12.6 Å². The summed E-state index contributed by atoms with van der Waals surface area (Å²) in [5, 5.41) is 9.43. The molecule has 0 radical (unpaired) electrons. The lowest BCUT2D eigenvalue weighted by molar-refractivity contribution is -0.147. The molecule has 4 rings (SSSR count). The summed E-state index contributed by atoms with van der Waals surface area (Å²) in [7, 11) is 0. The second kappa shape index (κ2) is 9.05. The van der Waals surface area contributed by atoms with Gasteiger partial charge in [0.05, 0.1) is 24.2 Å². The van der Waals surface area contributed by atoms with Crippen molar-refractivity contribution in [1.29, 1.82) is 0 Å². The minimum absolute atomic E-state index is 0.0503. The van der Waals surface area contributed by atoms with Crippen LogP contribution in [0.15, 0.2) is 30.6 Å². The molecule has 32 heavy (non-hydrogen) atoms. The molecular weight excluding hydrogens is 424 g/mol. The van der Waals surface area contributed by atoms with Gasteiger partial charge in [-0.3, -0.25) is 9.78 Å². The fourth-order valence-corrected chi connectivity index (χ4v) is 3.81. The van der Waals surface area contributed by atoms with Gasteiger partial charge in [-0.05, 0) is 43.4 Å². The van der Waals surface area contributed by atoms with Gasteiger partial charge in [0.15, 0.2) is 11.5 Å². The second-order valence-corrected chi connectivity index (χ2v) is 8.08. The molecule has 2 aromatic rings. The highest BCUT2D eigenvalue weighted by Crippen LogP contribution is 2.37. The summed E-state index contributed by atoms with van der Waals surface area (Å²) >= 11 is 0. The molecule has 0 spiro atoms. The first kappa shape index (κ1) is 21.9. The Morgan fingerprint density at radius 2 is 2.03 bits per heavy atom. The number of nitrogens with zero attached hydrogens (tertiary/aromatic N) is 3. The maximum absolute atomic E-state index is 12.8. The van der Waals surface area contributed by atoms with E-state index in [-0.39, 0.29) is 36.3 Å². The number of alkyl halides is 2. The van der Waals surface area contributed by atoms with Crippen LogP contribution in [-0.2, 0) is 9.59 Å². The second-order valence-electron chi connectivity index (χ2n) is 8.08. The van der Waals surface area contributed by atoms with E-state index < -0.39 is 18.6 Å². The molecule has 170 valence electrons. The molecule has 1 saturated carbocycles. The number of carboxylic acids is 1. The predicted molar refractivity (Wildman–Crippen MR) is 108 cm³/mol. The number of benzene rings is 1. The monoisotopic (exact) mass is 447 g/mol. The Labute approximate surface area is 183 Å². The van der Waals surface area contributed by atoms with E-state index in [1.807, 2.05) is 0 Å². The molecule has 2 unspecified atom stereocenters. The summed E-state index contributed by atoms with van der Waals surface area (Å²) in [6.45, 7) is -0.969. The Morgan fingerprint density at radius 3 is 2.66 bits per heavy atom. The number of hydrogen-bond donors (Lipinski definition) is 1. The van der Waals surface area contributed by atoms with Crippen LogP contribution < -0.4 is 9.47 Å². The minimum Gasteiger partial charge on any atom is -0.489 e. The van der Waals surface area contributed by atoms with Gasteiger partial charge in [-0.15, -0.1) is 0 Å². The largest absolute Gasteiger partial charge is 0.489 e. The Morgan fingerprint density at radius 1 is 1.25 bits per heavy atom. The van der Waals surface area contributed by atoms with E-state index in [0.29, 0.717) is 29.5 Å². The third-order valence-corrected chi connectivity index (χ3v) is 5.69. The lowest BCUT2D eigenvalue weighted by atomic mass is 10.0. The fraction of sp³-hybridized carbons (Fsp3) is 0.455. The van der Waals surface area contributed by atoms with Crippen molar-refractivity contribution in [2.45, 2.75) is 44.8 Å². The van der Waals surface area contributed by atoms with Crippen molar-refractivity contribution in [3.63, 3.8) is 0 Å². The van der Waals surface area contributed by atoms with Crippen LogP contribution in [0, 0.1) is 5.92 Å². The summed E-state index contributed by atoms with van der Waals surface area (Å²) in [6.07, 6.45) is 5.42. The van der Waals surface area contributed by atoms with E-state index in [1.165, 1.54) is 24.1 Å². The molecule has 1 aromatic carbocycles. The first-order valence-electron chi connectivity index (χ1n) is 10.4. The SMILES string of the molecule is CC(=O)N1CC(c2cncc(-c3ccc(OC(F)F)c(OCC4CC4)c3)n2)CC1C(=O)O. The molecule has 2 fully saturated rings. The number of ether oxygens (including phenoxy) is 2. The number of likely N-dealkylation sites (tertiary alicyclic amines) is 1. The highest BCUT2D eigenvalue weighted by Gasteiger charge is 2.39. The van der Waals surface area contributed by atoms with Crippen LogP contribution in [0.25, 0.3) is 11.3 Å². The van der Waals surface area contributed by atoms with E-state index in [4.69, 9.17) is 4.74 Å². The molecule has 2 heterocycles. The van der Waals surface area contributed by atoms with Crippen LogP contribution in [0.3, 0.4) is 0 Å². The number of amides is 1. The number of carbonyl (C=O) groups excluding carboxylic acids is 1. The lowest BCUT2D eigenvalue weighted by Gasteiger charge is -2.19. The van der Waals surface area contributed by atoms with E-state index in [9.17, 15) is 23.5 Å². The predicted octanol–water partition coefficient (Wildman–Crippen LogP) is 3.32. The molecule has 8 nitrogen and oxygen atoms in total. The molecular formula is C22H23F2N3O5. The number of hydrogen-bond acceptors (Lipinski definition) is 6. The molecule has 1 aliphatic carbocycles. The van der Waals surface area contributed by atoms with E-state index in [0.717, 1.165) is 12.8 Å². The number of carbonyl (C=O) groups is 2. The van der Waals surface area contributed by atoms with Crippen LogP contribution in [0.2, 0.25) is 0 Å². The van der Waals surface area contributed by atoms with Gasteiger partial charge in [0.2, 0.25) is 5.91 Å². The smallest absolute Gasteiger partial charge is 0.387 e. The van der Waals surface area contributed by atoms with Crippen molar-refractivity contribution in [1.82, 2.24) is 14.9 Å². The van der Waals surface area contributed by atoms with Gasteiger partial charge in [-0.1, -0.05) is 0 Å². The topological polar surface area (TPSA) is 102 Å². The summed E-state index contributed by atoms with van der Waals surface area (Å²) in [4.78, 5) is 33.5. The summed E-state index contributed by atoms with van der Waals surface area (Å²) in [5.41, 5.74) is 1.64. The van der Waals surface area contributed by atoms with Gasteiger partial charge in [-0.25, -0.2) is 9.78 Å². The molecule has 10 heteroatoms. The average Bonchev–Trinajstić information content (AvgIpc) is 3.47. The zero-order valence-electron chi connectivity index (χ0n) is 17.4. The highest BCUT2D eigenvalue weighted by atomic mass is 19.3. The third-order valence-electron chi connectivity index (χ3n) is 5.69. The minimum atomic E-state index is -2.97. The van der Waals surface area contributed by atoms with Gasteiger partial charge in [0, 0.05) is 31.1 Å². The van der Waals surface area contributed by atoms with Gasteiger partial charge in [0.25, 0.3) is 0 Å². The maximum atomic E-state index is 12.8. The van der Waals surface area contributed by atoms with Crippen molar-refractivity contribution in [2.24, 2.45) is 5.92 Å². The molecule has 1 aliphatic heterocycles. The van der Waals surface area contributed by atoms with Gasteiger partial charge in [0.1, 0.15) is 6.04 Å². The van der Waals surface area contributed by atoms with Gasteiger partial charge in [-0.2, -0.15) is 8.78 Å². The molecule has 2 atom stereocenters. The summed E-state index contributed by atoms with van der Waals surface area (Å²) in [6, 6.07) is 3.68. The van der Waals surface area contributed by atoms with Crippen molar-refractivity contribution in [3.8, 4) is 22.8 Å². The average molecular weight is 447 g/mol. The maximum Gasteiger partial charge on any atom is 0.387 e. The fourth-order valence-electron chi connectivity index (χ4n) is 3.81. The molecule has 1 aromatic heterocycles. The van der Waals surface area contributed by atoms with Crippen LogP contribution >= 0.6 is 0 Å². The normalized spacial score (nSPS) is 20.4. The van der Waals surface area contributed by atoms with Crippen LogP contribution in [0.4, 0.5) is 8.78 Å². The zero-order valence-corrected chi connectivity index (χ0v) is 17.4. The zero-order chi connectivity index (χ0) is 22.8. The lowest BCUT2D eigenvalue weighted by Crippen LogP contribution is -2.39. The number of carboxylic acid groups (broad SMARTS) is 1. The van der Waals surface area contributed by atoms with Crippen molar-refractivity contribution in [2.75, 3.05) is 13.2 Å². The number of rotatable bonds is 8. The first-order valence-corrected chi connectivity index (χ1v) is 10.4. The number of halogens is 2. The molecule has 0 bridgehead atoms.